The standard InChI is InChI=1S/C10H17N3O2/c1-2-10(6-14,7-15)13-8-3-4-12-9(11)5-8/h3-5,14-15H,2,6-7H2,1H3,(H3,11,12,13). The Hall–Kier alpha value is -1.33. The zero-order valence-corrected chi connectivity index (χ0v) is 8.77. The molecule has 5 heteroatoms. The van der Waals surface area contributed by atoms with Gasteiger partial charge < -0.3 is 21.3 Å². The van der Waals surface area contributed by atoms with Gasteiger partial charge in [-0.05, 0) is 12.5 Å². The van der Waals surface area contributed by atoms with Gasteiger partial charge in [-0.15, -0.1) is 0 Å². The molecule has 5 N–H and O–H groups in total. The van der Waals surface area contributed by atoms with Crippen molar-refractivity contribution >= 4 is 11.5 Å². The third-order valence-corrected chi connectivity index (χ3v) is 2.47. The molecule has 0 bridgehead atoms. The van der Waals surface area contributed by atoms with Crippen molar-refractivity contribution in [2.75, 3.05) is 24.3 Å². The van der Waals surface area contributed by atoms with Gasteiger partial charge in [0.15, 0.2) is 0 Å². The first-order valence-electron chi connectivity index (χ1n) is 4.87. The van der Waals surface area contributed by atoms with Crippen LogP contribution in [0.2, 0.25) is 0 Å². The monoisotopic (exact) mass is 211 g/mol. The maximum Gasteiger partial charge on any atom is 0.125 e. The van der Waals surface area contributed by atoms with Gasteiger partial charge >= 0.3 is 0 Å². The number of pyridine rings is 1. The number of nitrogen functional groups attached to an aromatic ring is 1. The lowest BCUT2D eigenvalue weighted by molar-refractivity contribution is 0.132. The molecule has 15 heavy (non-hydrogen) atoms. The van der Waals surface area contributed by atoms with Gasteiger partial charge in [0.25, 0.3) is 0 Å². The van der Waals surface area contributed by atoms with Crippen molar-refractivity contribution in [3.63, 3.8) is 0 Å². The summed E-state index contributed by atoms with van der Waals surface area (Å²) in [7, 11) is 0. The van der Waals surface area contributed by atoms with Gasteiger partial charge in [0.2, 0.25) is 0 Å². The molecule has 0 saturated carbocycles. The first kappa shape index (κ1) is 11.7. The molecule has 0 amide bonds. The molecule has 0 radical (unpaired) electrons. The van der Waals surface area contributed by atoms with Crippen LogP contribution in [0.5, 0.6) is 0 Å². The summed E-state index contributed by atoms with van der Waals surface area (Å²) in [4.78, 5) is 3.86. The molecule has 1 heterocycles. The lowest BCUT2D eigenvalue weighted by Gasteiger charge is -2.30. The quantitative estimate of drug-likeness (QED) is 0.559. The van der Waals surface area contributed by atoms with Gasteiger partial charge in [-0.3, -0.25) is 0 Å². The highest BCUT2D eigenvalue weighted by Crippen LogP contribution is 2.18. The van der Waals surface area contributed by atoms with E-state index in [0.717, 1.165) is 5.69 Å². The summed E-state index contributed by atoms with van der Waals surface area (Å²) in [5.41, 5.74) is 5.57. The van der Waals surface area contributed by atoms with Crippen molar-refractivity contribution in [3.8, 4) is 0 Å². The van der Waals surface area contributed by atoms with Crippen LogP contribution in [0.25, 0.3) is 0 Å². The molecule has 1 aromatic rings. The average molecular weight is 211 g/mol. The lowest BCUT2D eigenvalue weighted by atomic mass is 9.98. The van der Waals surface area contributed by atoms with E-state index in [1.165, 1.54) is 0 Å². The van der Waals surface area contributed by atoms with Gasteiger partial charge in [0.05, 0.1) is 18.8 Å². The van der Waals surface area contributed by atoms with Crippen LogP contribution in [0.15, 0.2) is 18.3 Å². The van der Waals surface area contributed by atoms with Crippen molar-refractivity contribution in [2.45, 2.75) is 18.9 Å². The van der Waals surface area contributed by atoms with Crippen molar-refractivity contribution in [1.29, 1.82) is 0 Å². The third kappa shape index (κ3) is 2.81. The summed E-state index contributed by atoms with van der Waals surface area (Å²) in [6, 6.07) is 3.40. The minimum absolute atomic E-state index is 0.137. The van der Waals surface area contributed by atoms with E-state index in [4.69, 9.17) is 5.73 Å². The number of hydrogen-bond acceptors (Lipinski definition) is 5. The summed E-state index contributed by atoms with van der Waals surface area (Å²) in [5.74, 6) is 0.404. The van der Waals surface area contributed by atoms with E-state index in [1.807, 2.05) is 6.92 Å². The maximum atomic E-state index is 9.24. The van der Waals surface area contributed by atoms with Crippen LogP contribution < -0.4 is 11.1 Å². The molecule has 1 rings (SSSR count). The molecule has 0 saturated heterocycles. The smallest absolute Gasteiger partial charge is 0.125 e. The maximum absolute atomic E-state index is 9.24. The Balaban J connectivity index is 2.82. The van der Waals surface area contributed by atoms with E-state index < -0.39 is 5.54 Å². The van der Waals surface area contributed by atoms with E-state index in [1.54, 1.807) is 18.3 Å². The molecule has 5 nitrogen and oxygen atoms in total. The molecule has 0 fully saturated rings. The number of nitrogens with one attached hydrogen (secondary N) is 1. The van der Waals surface area contributed by atoms with Gasteiger partial charge in [-0.2, -0.15) is 0 Å². The fourth-order valence-electron chi connectivity index (χ4n) is 1.27. The molecular weight excluding hydrogens is 194 g/mol. The predicted molar refractivity (Wildman–Crippen MR) is 59.5 cm³/mol. The van der Waals surface area contributed by atoms with Gasteiger partial charge in [-0.25, -0.2) is 4.98 Å². The highest BCUT2D eigenvalue weighted by atomic mass is 16.3. The normalized spacial score (nSPS) is 11.4. The molecular formula is C10H17N3O2. The number of nitrogens with two attached hydrogens (primary N) is 1. The Morgan fingerprint density at radius 1 is 1.47 bits per heavy atom. The Morgan fingerprint density at radius 2 is 2.13 bits per heavy atom. The molecule has 0 atom stereocenters. The summed E-state index contributed by atoms with van der Waals surface area (Å²) < 4.78 is 0. The molecule has 0 unspecified atom stereocenters. The molecule has 84 valence electrons. The third-order valence-electron chi connectivity index (χ3n) is 2.47. The first-order valence-corrected chi connectivity index (χ1v) is 4.87. The van der Waals surface area contributed by atoms with Gasteiger partial charge in [-0.1, -0.05) is 6.92 Å². The van der Waals surface area contributed by atoms with Crippen LogP contribution in [0, 0.1) is 0 Å². The summed E-state index contributed by atoms with van der Waals surface area (Å²) >= 11 is 0. The average Bonchev–Trinajstić information content (AvgIpc) is 2.26. The second-order valence-electron chi connectivity index (χ2n) is 3.54. The number of nitrogens with zero attached hydrogens (tertiary/aromatic N) is 1. The van der Waals surface area contributed by atoms with Crippen molar-refractivity contribution < 1.29 is 10.2 Å². The highest BCUT2D eigenvalue weighted by Gasteiger charge is 2.26. The number of aliphatic hydroxyl groups is 2. The SMILES string of the molecule is CCC(CO)(CO)Nc1ccnc(N)c1. The number of rotatable bonds is 5. The minimum Gasteiger partial charge on any atom is -0.394 e. The number of aliphatic hydroxyl groups excluding tert-OH is 2. The molecule has 0 aliphatic heterocycles. The summed E-state index contributed by atoms with van der Waals surface area (Å²) in [6.45, 7) is 1.62. The second kappa shape index (κ2) is 4.95. The van der Waals surface area contributed by atoms with Crippen LogP contribution in [-0.2, 0) is 0 Å². The van der Waals surface area contributed by atoms with Crippen LogP contribution in [0.4, 0.5) is 11.5 Å². The van der Waals surface area contributed by atoms with Crippen LogP contribution in [-0.4, -0.2) is 33.9 Å². The zero-order valence-electron chi connectivity index (χ0n) is 8.77. The first-order chi connectivity index (χ1) is 7.15. The zero-order chi connectivity index (χ0) is 11.3. The minimum atomic E-state index is -0.701. The Kier molecular flexibility index (Phi) is 3.88. The highest BCUT2D eigenvalue weighted by molar-refractivity contribution is 5.51. The van der Waals surface area contributed by atoms with Crippen LogP contribution in [0.3, 0.4) is 0 Å². The van der Waals surface area contributed by atoms with E-state index >= 15 is 0 Å². The number of anilines is 2. The van der Waals surface area contributed by atoms with E-state index in [-0.39, 0.29) is 13.2 Å². The Bertz CT molecular complexity index is 305. The Labute approximate surface area is 89.0 Å². The van der Waals surface area contributed by atoms with Gasteiger partial charge in [0, 0.05) is 18.0 Å². The van der Waals surface area contributed by atoms with Crippen molar-refractivity contribution in [2.24, 2.45) is 0 Å². The fraction of sp³-hybridized carbons (Fsp3) is 0.500. The summed E-state index contributed by atoms with van der Waals surface area (Å²) in [5, 5.41) is 21.5. The molecule has 0 aliphatic rings. The predicted octanol–water partition coefficient (Wildman–Crippen LogP) is 0.209. The van der Waals surface area contributed by atoms with Crippen molar-refractivity contribution in [3.05, 3.63) is 18.3 Å². The summed E-state index contributed by atoms with van der Waals surface area (Å²) in [6.07, 6.45) is 2.19. The van der Waals surface area contributed by atoms with Crippen LogP contribution in [0.1, 0.15) is 13.3 Å². The molecule has 0 aromatic carbocycles. The molecule has 0 spiro atoms. The number of hydrogen-bond donors (Lipinski definition) is 4. The lowest BCUT2D eigenvalue weighted by Crippen LogP contribution is -2.45. The van der Waals surface area contributed by atoms with E-state index in [9.17, 15) is 10.2 Å². The number of aromatic nitrogens is 1. The fourth-order valence-corrected chi connectivity index (χ4v) is 1.27. The second-order valence-corrected chi connectivity index (χ2v) is 3.54. The van der Waals surface area contributed by atoms with Crippen LogP contribution >= 0.6 is 0 Å². The topological polar surface area (TPSA) is 91.4 Å². The largest absolute Gasteiger partial charge is 0.394 e. The van der Waals surface area contributed by atoms with E-state index in [2.05, 4.69) is 10.3 Å². The molecule has 0 aliphatic carbocycles. The van der Waals surface area contributed by atoms with Gasteiger partial charge in [0.1, 0.15) is 5.82 Å². The molecule has 1 aromatic heterocycles. The van der Waals surface area contributed by atoms with Crippen molar-refractivity contribution in [1.82, 2.24) is 4.98 Å². The van der Waals surface area contributed by atoms with E-state index in [0.29, 0.717) is 12.2 Å². The Morgan fingerprint density at radius 3 is 2.60 bits per heavy atom.